The molecule has 1 aromatic carbocycles. The predicted molar refractivity (Wildman–Crippen MR) is 136 cm³/mol. The van der Waals surface area contributed by atoms with E-state index in [2.05, 4.69) is 15.5 Å². The van der Waals surface area contributed by atoms with Gasteiger partial charge in [0.25, 0.3) is 11.8 Å². The van der Waals surface area contributed by atoms with Gasteiger partial charge in [0.05, 0.1) is 11.7 Å². The van der Waals surface area contributed by atoms with Crippen molar-refractivity contribution in [2.75, 3.05) is 18.6 Å². The summed E-state index contributed by atoms with van der Waals surface area (Å²) < 4.78 is 1.91. The summed E-state index contributed by atoms with van der Waals surface area (Å²) in [6, 6.07) is 6.99. The van der Waals surface area contributed by atoms with Crippen LogP contribution in [0.2, 0.25) is 0 Å². The van der Waals surface area contributed by atoms with Crippen LogP contribution in [0.5, 0.6) is 0 Å². The molecule has 2 aliphatic rings. The van der Waals surface area contributed by atoms with Gasteiger partial charge in [-0.2, -0.15) is 0 Å². The fourth-order valence-corrected chi connectivity index (χ4v) is 6.39. The topological polar surface area (TPSA) is 154 Å². The van der Waals surface area contributed by atoms with Crippen LogP contribution < -0.4 is 20.7 Å². The highest BCUT2D eigenvalue weighted by Crippen LogP contribution is 2.40. The average Bonchev–Trinajstić information content (AvgIpc) is 3.31. The Bertz CT molecular complexity index is 1500. The summed E-state index contributed by atoms with van der Waals surface area (Å²) in [5, 5.41) is 21.8. The first kappa shape index (κ1) is 24.7. The van der Waals surface area contributed by atoms with Crippen LogP contribution >= 0.6 is 23.1 Å². The maximum Gasteiger partial charge on any atom is 0.276 e. The minimum atomic E-state index is -1.43. The third-order valence-electron chi connectivity index (χ3n) is 6.11. The second-order valence-electron chi connectivity index (χ2n) is 8.49. The summed E-state index contributed by atoms with van der Waals surface area (Å²) in [6.45, 7) is 2.28. The van der Waals surface area contributed by atoms with E-state index in [1.165, 1.54) is 23.8 Å². The number of pyridine rings is 1. The zero-order valence-corrected chi connectivity index (χ0v) is 21.5. The summed E-state index contributed by atoms with van der Waals surface area (Å²) in [5.74, 6) is -2.31. The minimum Gasteiger partial charge on any atom is -0.543 e. The Morgan fingerprint density at radius 2 is 2.14 bits per heavy atom. The lowest BCUT2D eigenvalue weighted by molar-refractivity contribution is -0.688. The first-order valence-corrected chi connectivity index (χ1v) is 13.1. The summed E-state index contributed by atoms with van der Waals surface area (Å²) >= 11 is 2.50. The van der Waals surface area contributed by atoms with Crippen molar-refractivity contribution < 1.29 is 28.9 Å². The minimum absolute atomic E-state index is 0.137. The van der Waals surface area contributed by atoms with Gasteiger partial charge in [0.2, 0.25) is 0 Å². The van der Waals surface area contributed by atoms with Gasteiger partial charge in [0.15, 0.2) is 29.8 Å². The van der Waals surface area contributed by atoms with Crippen LogP contribution in [0.15, 0.2) is 58.5 Å². The number of fused-ring (bicyclic) bond motifs is 2. The molecule has 0 saturated carbocycles. The molecule has 0 unspecified atom stereocenters. The molecule has 0 aliphatic carbocycles. The second kappa shape index (κ2) is 9.82. The maximum absolute atomic E-state index is 13.1. The largest absolute Gasteiger partial charge is 0.543 e. The number of nitrogens with zero attached hydrogens (tertiary/aromatic N) is 4. The lowest BCUT2D eigenvalue weighted by atomic mass is 10.0. The monoisotopic (exact) mass is 538 g/mol. The van der Waals surface area contributed by atoms with Crippen LogP contribution in [-0.2, 0) is 25.8 Å². The number of carboxylic acids is 1. The van der Waals surface area contributed by atoms with Crippen molar-refractivity contribution >= 4 is 62.5 Å². The molecule has 13 heteroatoms. The van der Waals surface area contributed by atoms with Gasteiger partial charge in [0, 0.05) is 27.7 Å². The molecule has 0 bridgehead atoms. The van der Waals surface area contributed by atoms with Gasteiger partial charge in [-0.15, -0.1) is 23.1 Å². The molecule has 2 aliphatic heterocycles. The van der Waals surface area contributed by atoms with Crippen molar-refractivity contribution in [2.24, 2.45) is 5.16 Å². The van der Waals surface area contributed by atoms with Crippen molar-refractivity contribution in [2.45, 2.75) is 24.9 Å². The SMILES string of the molecule is CO/N=C(\C(=O)N[C@@H]1C(=O)N2C(C(=O)[O-])=C(C[n+]3cc(C)c4ccccc4c3)CS[C@H]12)c1csc(N)n1. The first-order valence-electron chi connectivity index (χ1n) is 11.2. The maximum atomic E-state index is 13.1. The van der Waals surface area contributed by atoms with Gasteiger partial charge in [-0.3, -0.25) is 14.5 Å². The number of anilines is 1. The summed E-state index contributed by atoms with van der Waals surface area (Å²) in [7, 11) is 1.28. The number of oxime groups is 1. The third-order valence-corrected chi connectivity index (χ3v) is 8.13. The number of aliphatic carboxylic acids is 1. The molecule has 2 aromatic heterocycles. The number of aryl methyl sites for hydroxylation is 1. The number of carbonyl (C=O) groups excluding carboxylic acids is 3. The van der Waals surface area contributed by atoms with Crippen molar-refractivity contribution in [1.29, 1.82) is 0 Å². The number of hydrogen-bond donors (Lipinski definition) is 2. The lowest BCUT2D eigenvalue weighted by Crippen LogP contribution is -2.71. The van der Waals surface area contributed by atoms with Gasteiger partial charge in [0.1, 0.15) is 24.2 Å². The highest BCUT2D eigenvalue weighted by Gasteiger charge is 2.53. The number of benzene rings is 1. The third kappa shape index (κ3) is 4.51. The Kier molecular flexibility index (Phi) is 6.56. The highest BCUT2D eigenvalue weighted by molar-refractivity contribution is 8.00. The Morgan fingerprint density at radius 3 is 2.84 bits per heavy atom. The first-order chi connectivity index (χ1) is 17.8. The molecule has 2 amide bonds. The predicted octanol–water partition coefficient (Wildman–Crippen LogP) is -0.0710. The number of hydrogen-bond acceptors (Lipinski definition) is 10. The van der Waals surface area contributed by atoms with Gasteiger partial charge < -0.3 is 25.8 Å². The van der Waals surface area contributed by atoms with Crippen LogP contribution in [0.25, 0.3) is 10.8 Å². The zero-order valence-electron chi connectivity index (χ0n) is 19.8. The van der Waals surface area contributed by atoms with Crippen LogP contribution in [0.3, 0.4) is 0 Å². The van der Waals surface area contributed by atoms with E-state index in [9.17, 15) is 19.5 Å². The molecule has 11 nitrogen and oxygen atoms in total. The fourth-order valence-electron chi connectivity index (χ4n) is 4.51. The zero-order chi connectivity index (χ0) is 26.3. The molecule has 2 atom stereocenters. The molecule has 1 fully saturated rings. The van der Waals surface area contributed by atoms with Crippen molar-refractivity contribution in [1.82, 2.24) is 15.2 Å². The number of aromatic nitrogens is 2. The Labute approximate surface area is 219 Å². The number of amides is 2. The average molecular weight is 539 g/mol. The molecule has 0 radical (unpaired) electrons. The fraction of sp³-hybridized carbons (Fsp3) is 0.250. The van der Waals surface area contributed by atoms with E-state index in [1.807, 2.05) is 48.1 Å². The molecular formula is C24H22N6O5S2. The van der Waals surface area contributed by atoms with Crippen LogP contribution in [0, 0.1) is 6.92 Å². The molecule has 1 saturated heterocycles. The Hall–Kier alpha value is -3.97. The van der Waals surface area contributed by atoms with E-state index in [4.69, 9.17) is 10.6 Å². The Balaban J connectivity index is 1.38. The quantitative estimate of drug-likeness (QED) is 0.183. The van der Waals surface area contributed by atoms with Crippen LogP contribution in [0.1, 0.15) is 11.3 Å². The van der Waals surface area contributed by atoms with Gasteiger partial charge in [-0.25, -0.2) is 9.55 Å². The standard InChI is InChI=1S/C24H22N6O5S2/c1-12-7-29(8-13-5-3-4-6-15(12)13)9-14-10-36-22-18(21(32)30(22)19(14)23(33)34)27-20(31)17(28-35-2)16-11-37-24(25)26-16/h3-8,11,18,22H,9-10H2,1-2H3,(H3-,25,26,27,31,33,34)/b28-17-/t18-,22-/m1/s1. The molecule has 5 rings (SSSR count). The molecule has 0 spiro atoms. The Morgan fingerprint density at radius 1 is 1.35 bits per heavy atom. The van der Waals surface area contributed by atoms with Crippen molar-refractivity contribution in [3.8, 4) is 0 Å². The molecule has 4 heterocycles. The highest BCUT2D eigenvalue weighted by atomic mass is 32.2. The summed E-state index contributed by atoms with van der Waals surface area (Å²) in [4.78, 5) is 48.1. The number of β-lactam (4-membered cyclic amide) rings is 1. The van der Waals surface area contributed by atoms with Crippen molar-refractivity contribution in [3.63, 3.8) is 0 Å². The second-order valence-corrected chi connectivity index (χ2v) is 10.5. The number of nitrogen functional groups attached to an aromatic ring is 1. The van der Waals surface area contributed by atoms with Gasteiger partial charge in [-0.05, 0) is 18.4 Å². The lowest BCUT2D eigenvalue weighted by Gasteiger charge is -2.50. The number of carboxylic acid groups (broad SMARTS) is 1. The number of thiazole rings is 1. The molecular weight excluding hydrogens is 516 g/mol. The van der Waals surface area contributed by atoms with E-state index >= 15 is 0 Å². The van der Waals surface area contributed by atoms with Crippen LogP contribution in [-0.4, -0.2) is 57.7 Å². The van der Waals surface area contributed by atoms with E-state index in [-0.39, 0.29) is 28.8 Å². The number of thioether (sulfide) groups is 1. The van der Waals surface area contributed by atoms with Gasteiger partial charge in [-0.1, -0.05) is 23.4 Å². The van der Waals surface area contributed by atoms with Gasteiger partial charge >= 0.3 is 0 Å². The number of carbonyl (C=O) groups is 3. The summed E-state index contributed by atoms with van der Waals surface area (Å²) in [6.07, 6.45) is 3.89. The number of rotatable bonds is 7. The summed E-state index contributed by atoms with van der Waals surface area (Å²) in [5.41, 5.74) is 7.18. The molecule has 37 heavy (non-hydrogen) atoms. The van der Waals surface area contributed by atoms with E-state index in [0.717, 1.165) is 27.7 Å². The normalized spacial score (nSPS) is 19.5. The van der Waals surface area contributed by atoms with E-state index in [1.54, 1.807) is 5.38 Å². The van der Waals surface area contributed by atoms with Crippen LogP contribution in [0.4, 0.5) is 5.13 Å². The number of nitrogens with one attached hydrogen (secondary N) is 1. The molecule has 190 valence electrons. The smallest absolute Gasteiger partial charge is 0.276 e. The van der Waals surface area contributed by atoms with E-state index < -0.39 is 29.2 Å². The molecule has 3 aromatic rings. The van der Waals surface area contributed by atoms with Crippen molar-refractivity contribution in [3.05, 3.63) is 64.6 Å². The molecule has 3 N–H and O–H groups in total. The van der Waals surface area contributed by atoms with E-state index in [0.29, 0.717) is 11.3 Å². The number of nitrogens with two attached hydrogens (primary N) is 1.